The second-order valence-corrected chi connectivity index (χ2v) is 7.94. The second-order valence-electron chi connectivity index (χ2n) is 7.50. The summed E-state index contributed by atoms with van der Waals surface area (Å²) in [6, 6.07) is 7.44. The van der Waals surface area contributed by atoms with Gasteiger partial charge in [-0.3, -0.25) is 0 Å². The molecule has 3 rings (SSSR count). The van der Waals surface area contributed by atoms with Crippen molar-refractivity contribution in [3.8, 4) is 5.69 Å². The van der Waals surface area contributed by atoms with Crippen LogP contribution in [0.1, 0.15) is 32.3 Å². The van der Waals surface area contributed by atoms with Crippen molar-refractivity contribution in [3.63, 3.8) is 0 Å². The molecule has 2 amide bonds. The van der Waals surface area contributed by atoms with Gasteiger partial charge < -0.3 is 15.5 Å². The Hall–Kier alpha value is -2.05. The number of carbonyl (C=O) groups excluding carboxylic acids is 1. The van der Waals surface area contributed by atoms with Crippen molar-refractivity contribution >= 4 is 17.6 Å². The van der Waals surface area contributed by atoms with Crippen LogP contribution in [-0.4, -0.2) is 46.4 Å². The maximum atomic E-state index is 12.2. The lowest BCUT2D eigenvalue weighted by atomic mass is 10.00. The average Bonchev–Trinajstić information content (AvgIpc) is 3.09. The maximum absolute atomic E-state index is 12.2. The Morgan fingerprint density at radius 1 is 1.37 bits per heavy atom. The van der Waals surface area contributed by atoms with E-state index in [1.807, 2.05) is 30.5 Å². The number of likely N-dealkylation sites (tertiary alicyclic amines) is 1. The van der Waals surface area contributed by atoms with Gasteiger partial charge in [-0.2, -0.15) is 5.10 Å². The molecule has 146 valence electrons. The van der Waals surface area contributed by atoms with Crippen LogP contribution in [0.5, 0.6) is 0 Å². The smallest absolute Gasteiger partial charge is 0.315 e. The van der Waals surface area contributed by atoms with Crippen molar-refractivity contribution in [1.29, 1.82) is 0 Å². The summed E-state index contributed by atoms with van der Waals surface area (Å²) in [5.41, 5.74) is 1.87. The first-order valence-electron chi connectivity index (χ1n) is 9.56. The molecule has 0 spiro atoms. The SMILES string of the molecule is CC1CCCN(CC(C)NC(=O)NCc2cnn(-c3ccc(Cl)cc3)c2)C1. The summed E-state index contributed by atoms with van der Waals surface area (Å²) in [6.45, 7) is 7.93. The Balaban J connectivity index is 1.43. The number of carbonyl (C=O) groups is 1. The molecule has 1 aliphatic heterocycles. The summed E-state index contributed by atoms with van der Waals surface area (Å²) in [7, 11) is 0. The van der Waals surface area contributed by atoms with E-state index in [4.69, 9.17) is 11.6 Å². The summed E-state index contributed by atoms with van der Waals surface area (Å²) in [5, 5.41) is 11.0. The van der Waals surface area contributed by atoms with Crippen LogP contribution in [0.3, 0.4) is 0 Å². The second kappa shape index (κ2) is 9.24. The summed E-state index contributed by atoms with van der Waals surface area (Å²) in [5.74, 6) is 0.747. The molecule has 0 aliphatic carbocycles. The molecule has 0 saturated carbocycles. The third-order valence-electron chi connectivity index (χ3n) is 4.83. The summed E-state index contributed by atoms with van der Waals surface area (Å²) < 4.78 is 1.77. The minimum Gasteiger partial charge on any atom is -0.334 e. The number of rotatable bonds is 6. The van der Waals surface area contributed by atoms with Crippen molar-refractivity contribution in [3.05, 3.63) is 47.2 Å². The van der Waals surface area contributed by atoms with E-state index < -0.39 is 0 Å². The Morgan fingerprint density at radius 3 is 2.89 bits per heavy atom. The molecule has 2 N–H and O–H groups in total. The Morgan fingerprint density at radius 2 is 2.15 bits per heavy atom. The van der Waals surface area contributed by atoms with Gasteiger partial charge in [0.1, 0.15) is 0 Å². The molecule has 7 heteroatoms. The van der Waals surface area contributed by atoms with Gasteiger partial charge in [-0.25, -0.2) is 9.48 Å². The maximum Gasteiger partial charge on any atom is 0.315 e. The molecule has 2 atom stereocenters. The minimum atomic E-state index is -0.146. The quantitative estimate of drug-likeness (QED) is 0.795. The van der Waals surface area contributed by atoms with Gasteiger partial charge in [0, 0.05) is 42.5 Å². The molecule has 1 fully saturated rings. The van der Waals surface area contributed by atoms with Gasteiger partial charge in [0.25, 0.3) is 0 Å². The van der Waals surface area contributed by atoms with E-state index in [1.54, 1.807) is 10.9 Å². The van der Waals surface area contributed by atoms with Crippen LogP contribution < -0.4 is 10.6 Å². The molecule has 1 aliphatic rings. The number of halogens is 1. The van der Waals surface area contributed by atoms with Gasteiger partial charge >= 0.3 is 6.03 Å². The van der Waals surface area contributed by atoms with Crippen LogP contribution in [0.15, 0.2) is 36.7 Å². The molecule has 1 saturated heterocycles. The van der Waals surface area contributed by atoms with E-state index in [2.05, 4.69) is 34.5 Å². The Kier molecular flexibility index (Phi) is 6.74. The van der Waals surface area contributed by atoms with Crippen LogP contribution in [-0.2, 0) is 6.54 Å². The highest BCUT2D eigenvalue weighted by Gasteiger charge is 2.18. The lowest BCUT2D eigenvalue weighted by Crippen LogP contribution is -2.47. The third-order valence-corrected chi connectivity index (χ3v) is 5.08. The van der Waals surface area contributed by atoms with E-state index in [0.29, 0.717) is 11.6 Å². The number of piperidine rings is 1. The fourth-order valence-corrected chi connectivity index (χ4v) is 3.66. The van der Waals surface area contributed by atoms with Crippen molar-refractivity contribution in [2.45, 2.75) is 39.3 Å². The normalized spacial score (nSPS) is 18.9. The van der Waals surface area contributed by atoms with Crippen LogP contribution >= 0.6 is 11.6 Å². The molecule has 27 heavy (non-hydrogen) atoms. The highest BCUT2D eigenvalue weighted by Crippen LogP contribution is 2.15. The van der Waals surface area contributed by atoms with Gasteiger partial charge in [0.15, 0.2) is 0 Å². The number of urea groups is 1. The number of hydrogen-bond donors (Lipinski definition) is 2. The van der Waals surface area contributed by atoms with Gasteiger partial charge in [-0.15, -0.1) is 0 Å². The van der Waals surface area contributed by atoms with Crippen molar-refractivity contribution in [2.24, 2.45) is 5.92 Å². The van der Waals surface area contributed by atoms with Crippen molar-refractivity contribution in [1.82, 2.24) is 25.3 Å². The van der Waals surface area contributed by atoms with Crippen molar-refractivity contribution in [2.75, 3.05) is 19.6 Å². The van der Waals surface area contributed by atoms with Gasteiger partial charge in [0.2, 0.25) is 0 Å². The van der Waals surface area contributed by atoms with Gasteiger partial charge in [0.05, 0.1) is 11.9 Å². The lowest BCUT2D eigenvalue weighted by Gasteiger charge is -2.32. The highest BCUT2D eigenvalue weighted by atomic mass is 35.5. The van der Waals surface area contributed by atoms with E-state index in [0.717, 1.165) is 36.8 Å². The molecule has 1 aromatic heterocycles. The van der Waals surface area contributed by atoms with Crippen LogP contribution in [0, 0.1) is 5.92 Å². The number of benzene rings is 1. The lowest BCUT2D eigenvalue weighted by molar-refractivity contribution is 0.169. The molecular weight excluding hydrogens is 362 g/mol. The van der Waals surface area contributed by atoms with E-state index in [9.17, 15) is 4.79 Å². The molecule has 2 heterocycles. The predicted octanol–water partition coefficient (Wildman–Crippen LogP) is 3.45. The first-order valence-corrected chi connectivity index (χ1v) is 9.93. The van der Waals surface area contributed by atoms with Gasteiger partial charge in [-0.05, 0) is 56.5 Å². The Labute approximate surface area is 165 Å². The number of nitrogens with zero attached hydrogens (tertiary/aromatic N) is 3. The summed E-state index contributed by atoms with van der Waals surface area (Å²) >= 11 is 5.91. The highest BCUT2D eigenvalue weighted by molar-refractivity contribution is 6.30. The molecule has 1 aromatic carbocycles. The summed E-state index contributed by atoms with van der Waals surface area (Å²) in [4.78, 5) is 14.6. The average molecular weight is 390 g/mol. The van der Waals surface area contributed by atoms with Gasteiger partial charge in [-0.1, -0.05) is 18.5 Å². The van der Waals surface area contributed by atoms with E-state index in [1.165, 1.54) is 12.8 Å². The fourth-order valence-electron chi connectivity index (χ4n) is 3.53. The third kappa shape index (κ3) is 5.97. The standard InChI is InChI=1S/C20H28ClN5O/c1-15-4-3-9-25(12-15)13-16(2)24-20(27)22-10-17-11-23-26(14-17)19-7-5-18(21)6-8-19/h5-8,11,14-16H,3-4,9-10,12-13H2,1-2H3,(H2,22,24,27). The van der Waals surface area contributed by atoms with Crippen LogP contribution in [0.4, 0.5) is 4.79 Å². The predicted molar refractivity (Wildman–Crippen MR) is 108 cm³/mol. The molecule has 6 nitrogen and oxygen atoms in total. The molecular formula is C20H28ClN5O. The molecule has 0 bridgehead atoms. The monoisotopic (exact) mass is 389 g/mol. The zero-order valence-corrected chi connectivity index (χ0v) is 16.7. The first kappa shape index (κ1) is 19.7. The Bertz CT molecular complexity index is 745. The molecule has 2 aromatic rings. The van der Waals surface area contributed by atoms with Crippen molar-refractivity contribution < 1.29 is 4.79 Å². The van der Waals surface area contributed by atoms with Crippen LogP contribution in [0.25, 0.3) is 5.69 Å². The molecule has 2 unspecified atom stereocenters. The number of hydrogen-bond acceptors (Lipinski definition) is 3. The zero-order valence-electron chi connectivity index (χ0n) is 16.0. The first-order chi connectivity index (χ1) is 13.0. The zero-order chi connectivity index (χ0) is 19.2. The number of amides is 2. The topological polar surface area (TPSA) is 62.2 Å². The number of nitrogens with one attached hydrogen (secondary N) is 2. The van der Waals surface area contributed by atoms with E-state index in [-0.39, 0.29) is 12.1 Å². The minimum absolute atomic E-state index is 0.118. The number of aromatic nitrogens is 2. The fraction of sp³-hybridized carbons (Fsp3) is 0.500. The van der Waals surface area contributed by atoms with Crippen LogP contribution in [0.2, 0.25) is 5.02 Å². The summed E-state index contributed by atoms with van der Waals surface area (Å²) in [6.07, 6.45) is 6.22. The largest absolute Gasteiger partial charge is 0.334 e. The molecule has 0 radical (unpaired) electrons. The van der Waals surface area contributed by atoms with E-state index >= 15 is 0 Å².